The highest BCUT2D eigenvalue weighted by Crippen LogP contribution is 2.47. The Balaban J connectivity index is 1.14. The van der Waals surface area contributed by atoms with E-state index in [0.717, 1.165) is 31.4 Å². The highest BCUT2D eigenvalue weighted by Gasteiger charge is 2.62. The quantitative estimate of drug-likeness (QED) is 0.209. The molecule has 18 heteroatoms. The van der Waals surface area contributed by atoms with E-state index in [9.17, 15) is 27.6 Å². The SMILES string of the molecule is COc1ccc2c(O[C@@H]3C[C@H]4C(=O)N[C@]5(C(=O)NS(=O)(=O)C6CC6)C[C@H]5/C=C\CCCCC[C@H](NC(=O)OC(C)(C)C)C(=O)N4C3)cc(-c3nc(C4CC4)cs3)nc2c1Cl. The molecule has 5 aliphatic rings. The molecule has 0 bridgehead atoms. The van der Waals surface area contributed by atoms with E-state index >= 15 is 0 Å². The minimum atomic E-state index is -3.92. The van der Waals surface area contributed by atoms with E-state index in [-0.39, 0.29) is 24.4 Å². The number of carbonyl (C=O) groups excluding carboxylic acids is 4. The van der Waals surface area contributed by atoms with Crippen molar-refractivity contribution < 1.29 is 41.8 Å². The van der Waals surface area contributed by atoms with Gasteiger partial charge in [0.25, 0.3) is 5.91 Å². The van der Waals surface area contributed by atoms with Crippen molar-refractivity contribution in [2.45, 2.75) is 132 Å². The summed E-state index contributed by atoms with van der Waals surface area (Å²) in [7, 11) is -2.40. The van der Waals surface area contributed by atoms with Crippen LogP contribution in [0.1, 0.15) is 103 Å². The van der Waals surface area contributed by atoms with Gasteiger partial charge in [-0.1, -0.05) is 36.6 Å². The maximum Gasteiger partial charge on any atom is 0.408 e. The zero-order valence-electron chi connectivity index (χ0n) is 34.1. The number of rotatable bonds is 9. The summed E-state index contributed by atoms with van der Waals surface area (Å²) in [6.07, 6.45) is 8.72. The summed E-state index contributed by atoms with van der Waals surface area (Å²) in [5.41, 5.74) is -0.378. The van der Waals surface area contributed by atoms with Crippen molar-refractivity contribution in [2.75, 3.05) is 13.7 Å². The molecule has 1 saturated heterocycles. The maximum atomic E-state index is 14.7. The summed E-state index contributed by atoms with van der Waals surface area (Å²) >= 11 is 8.32. The van der Waals surface area contributed by atoms with Crippen molar-refractivity contribution >= 4 is 67.7 Å². The molecular weight excluding hydrogens is 832 g/mol. The molecule has 3 saturated carbocycles. The first-order valence-electron chi connectivity index (χ1n) is 20.7. The van der Waals surface area contributed by atoms with E-state index in [0.29, 0.717) is 71.1 Å². The average molecular weight is 883 g/mol. The topological polar surface area (TPSA) is 195 Å². The number of halogens is 1. The molecule has 5 atom stereocenters. The predicted octanol–water partition coefficient (Wildman–Crippen LogP) is 6.14. The van der Waals surface area contributed by atoms with Crippen LogP contribution in [0.5, 0.6) is 11.5 Å². The summed E-state index contributed by atoms with van der Waals surface area (Å²) in [4.78, 5) is 67.5. The van der Waals surface area contributed by atoms with Crippen LogP contribution in [0, 0.1) is 5.92 Å². The number of methoxy groups -OCH3 is 1. The Morgan fingerprint density at radius 3 is 2.55 bits per heavy atom. The van der Waals surface area contributed by atoms with Gasteiger partial charge in [-0.05, 0) is 84.3 Å². The van der Waals surface area contributed by atoms with Crippen LogP contribution in [-0.4, -0.2) is 95.3 Å². The summed E-state index contributed by atoms with van der Waals surface area (Å²) < 4.78 is 45.9. The molecule has 0 spiro atoms. The molecule has 3 N–H and O–H groups in total. The molecule has 3 aromatic rings. The number of sulfonamides is 1. The van der Waals surface area contributed by atoms with E-state index in [1.54, 1.807) is 39.0 Å². The van der Waals surface area contributed by atoms with Crippen LogP contribution in [0.25, 0.3) is 21.6 Å². The van der Waals surface area contributed by atoms with Gasteiger partial charge in [-0.15, -0.1) is 11.3 Å². The van der Waals surface area contributed by atoms with Gasteiger partial charge in [0.2, 0.25) is 21.8 Å². The number of ether oxygens (including phenoxy) is 3. The summed E-state index contributed by atoms with van der Waals surface area (Å²) in [5.74, 6) is -1.14. The number of nitrogens with one attached hydrogen (secondary N) is 3. The smallest absolute Gasteiger partial charge is 0.408 e. The number of fused-ring (bicyclic) bond motifs is 3. The van der Waals surface area contributed by atoms with Crippen LogP contribution in [0.15, 0.2) is 35.7 Å². The minimum Gasteiger partial charge on any atom is -0.495 e. The van der Waals surface area contributed by atoms with Crippen LogP contribution in [-0.2, 0) is 29.1 Å². The van der Waals surface area contributed by atoms with Crippen molar-refractivity contribution in [1.82, 2.24) is 30.2 Å². The van der Waals surface area contributed by atoms with E-state index < -0.39 is 74.3 Å². The number of alkyl carbamates (subject to hydrolysis) is 1. The number of pyridine rings is 1. The molecule has 0 radical (unpaired) electrons. The van der Waals surface area contributed by atoms with Gasteiger partial charge in [-0.25, -0.2) is 23.2 Å². The van der Waals surface area contributed by atoms with Crippen molar-refractivity contribution in [1.29, 1.82) is 0 Å². The lowest BCUT2D eigenvalue weighted by Gasteiger charge is -2.30. The lowest BCUT2D eigenvalue weighted by atomic mass is 10.0. The van der Waals surface area contributed by atoms with Gasteiger partial charge < -0.3 is 29.7 Å². The molecule has 2 aromatic heterocycles. The van der Waals surface area contributed by atoms with Gasteiger partial charge in [0, 0.05) is 35.1 Å². The first-order chi connectivity index (χ1) is 28.5. The molecule has 4 amide bonds. The second-order valence-corrected chi connectivity index (χ2v) is 20.7. The number of benzene rings is 1. The highest BCUT2D eigenvalue weighted by atomic mass is 35.5. The molecule has 322 valence electrons. The third kappa shape index (κ3) is 9.08. The first kappa shape index (κ1) is 42.2. The van der Waals surface area contributed by atoms with Crippen LogP contribution in [0.4, 0.5) is 4.79 Å². The fourth-order valence-corrected chi connectivity index (χ4v) is 10.5. The van der Waals surface area contributed by atoms with Gasteiger partial charge in [0.1, 0.15) is 56.6 Å². The predicted molar refractivity (Wildman–Crippen MR) is 225 cm³/mol. The first-order valence-corrected chi connectivity index (χ1v) is 23.5. The van der Waals surface area contributed by atoms with Crippen LogP contribution in [0.3, 0.4) is 0 Å². The van der Waals surface area contributed by atoms with Gasteiger partial charge in [-0.2, -0.15) is 0 Å². The van der Waals surface area contributed by atoms with Crippen molar-refractivity contribution in [3.05, 3.63) is 46.4 Å². The lowest BCUT2D eigenvalue weighted by Crippen LogP contribution is -2.58. The maximum absolute atomic E-state index is 14.7. The van der Waals surface area contributed by atoms with E-state index in [1.165, 1.54) is 23.3 Å². The Morgan fingerprint density at radius 1 is 1.05 bits per heavy atom. The monoisotopic (exact) mass is 882 g/mol. The van der Waals surface area contributed by atoms with Gasteiger partial charge in [-0.3, -0.25) is 19.1 Å². The number of hydrogen-bond donors (Lipinski definition) is 3. The zero-order valence-corrected chi connectivity index (χ0v) is 36.5. The number of carbonyl (C=O) groups is 4. The normalized spacial score (nSPS) is 26.8. The number of nitrogens with zero attached hydrogens (tertiary/aromatic N) is 3. The Morgan fingerprint density at radius 2 is 1.83 bits per heavy atom. The van der Waals surface area contributed by atoms with E-state index in [4.69, 9.17) is 35.8 Å². The van der Waals surface area contributed by atoms with Crippen LogP contribution >= 0.6 is 22.9 Å². The fraction of sp³-hybridized carbons (Fsp3) is 0.571. The standard InChI is InChI=1S/C42H51ClN6O9S2/c1-41(2,3)58-40(53)46-28-11-9-7-5-6-8-10-24-20-42(24,39(52)48-60(54,55)26-14-15-26)47-36(50)31-18-25(21-49(31)38(28)51)57-33-19-29(37-45-30(22-59-37)23-12-13-23)44-35-27(33)16-17-32(56-4)34(35)43/h8,10,16-17,19,22-26,28,31H,5-7,9,11-15,18,20-21H2,1-4H3,(H,46,53)(H,47,50)(H,48,52)/b10-8-/t24-,25-,28+,31+,42-/m1/s1. The molecule has 4 heterocycles. The highest BCUT2D eigenvalue weighted by molar-refractivity contribution is 7.91. The van der Waals surface area contributed by atoms with Gasteiger partial charge in [0.15, 0.2) is 0 Å². The Kier molecular flexibility index (Phi) is 11.6. The molecular formula is C42H51ClN6O9S2. The molecule has 2 aliphatic heterocycles. The fourth-order valence-electron chi connectivity index (χ4n) is 8.02. The molecule has 1 aromatic carbocycles. The van der Waals surface area contributed by atoms with Crippen molar-refractivity contribution in [2.24, 2.45) is 5.92 Å². The number of aromatic nitrogens is 2. The second kappa shape index (κ2) is 16.4. The van der Waals surface area contributed by atoms with E-state index in [2.05, 4.69) is 15.4 Å². The molecule has 0 unspecified atom stereocenters. The number of hydrogen-bond acceptors (Lipinski definition) is 12. The number of thiazole rings is 1. The molecule has 15 nitrogen and oxygen atoms in total. The summed E-state index contributed by atoms with van der Waals surface area (Å²) in [6.45, 7) is 5.14. The molecule has 4 fully saturated rings. The largest absolute Gasteiger partial charge is 0.495 e. The number of allylic oxidation sites excluding steroid dienone is 1. The Hall–Kier alpha value is -4.48. The second-order valence-electron chi connectivity index (χ2n) is 17.5. The number of amides is 4. The summed E-state index contributed by atoms with van der Waals surface area (Å²) in [6, 6.07) is 3.10. The molecule has 8 rings (SSSR count). The Labute approximate surface area is 358 Å². The lowest BCUT2D eigenvalue weighted by molar-refractivity contribution is -0.141. The van der Waals surface area contributed by atoms with Crippen LogP contribution < -0.4 is 24.8 Å². The third-order valence-corrected chi connectivity index (χ3v) is 14.7. The molecule has 60 heavy (non-hydrogen) atoms. The minimum absolute atomic E-state index is 0.0153. The summed E-state index contributed by atoms with van der Waals surface area (Å²) in [5, 5.41) is 8.61. The molecule has 3 aliphatic carbocycles. The van der Waals surface area contributed by atoms with Gasteiger partial charge >= 0.3 is 6.09 Å². The average Bonchev–Trinajstić information content (AvgIpc) is 4.14. The van der Waals surface area contributed by atoms with E-state index in [1.807, 2.05) is 17.5 Å². The van der Waals surface area contributed by atoms with Gasteiger partial charge in [0.05, 0.1) is 30.1 Å². The zero-order chi connectivity index (χ0) is 42.6. The van der Waals surface area contributed by atoms with Crippen molar-refractivity contribution in [3.63, 3.8) is 0 Å². The van der Waals surface area contributed by atoms with Crippen molar-refractivity contribution in [3.8, 4) is 22.2 Å². The van der Waals surface area contributed by atoms with Crippen LogP contribution in [0.2, 0.25) is 5.02 Å². The Bertz CT molecular complexity index is 2340. The third-order valence-electron chi connectivity index (χ3n) is 11.6.